The van der Waals surface area contributed by atoms with Gasteiger partial charge in [0, 0.05) is 16.2 Å². The van der Waals surface area contributed by atoms with E-state index in [1.54, 1.807) is 0 Å². The fraction of sp³-hybridized carbons (Fsp3) is 0.286. The van der Waals surface area contributed by atoms with E-state index in [0.29, 0.717) is 11.6 Å². The lowest BCUT2D eigenvalue weighted by molar-refractivity contribution is 0.289. The Labute approximate surface area is 114 Å². The zero-order chi connectivity index (χ0) is 12.5. The summed E-state index contributed by atoms with van der Waals surface area (Å²) in [6.07, 6.45) is 7.70. The highest BCUT2D eigenvalue weighted by molar-refractivity contribution is 9.10. The summed E-state index contributed by atoms with van der Waals surface area (Å²) in [4.78, 5) is 0. The molecule has 1 aromatic heterocycles. The predicted molar refractivity (Wildman–Crippen MR) is 73.0 cm³/mol. The molecule has 0 aliphatic heterocycles. The third-order valence-electron chi connectivity index (χ3n) is 3.41. The molecule has 1 saturated carbocycles. The van der Waals surface area contributed by atoms with Gasteiger partial charge in [0.15, 0.2) is 0 Å². The minimum Gasteiger partial charge on any atom is -0.269 e. The third kappa shape index (κ3) is 2.06. The van der Waals surface area contributed by atoms with Gasteiger partial charge in [-0.1, -0.05) is 15.9 Å². The Morgan fingerprint density at radius 3 is 2.78 bits per heavy atom. The molecule has 0 N–H and O–H groups in total. The Balaban J connectivity index is 1.96. The molecule has 2 aromatic rings. The number of aromatic nitrogens is 2. The maximum atomic E-state index is 8.98. The second-order valence-electron chi connectivity index (χ2n) is 4.63. The number of nitriles is 1. The average molecular weight is 302 g/mol. The first kappa shape index (κ1) is 11.5. The first-order chi connectivity index (χ1) is 8.76. The molecule has 1 aromatic carbocycles. The van der Waals surface area contributed by atoms with Gasteiger partial charge < -0.3 is 0 Å². The van der Waals surface area contributed by atoms with Crippen LogP contribution in [0.25, 0.3) is 11.1 Å². The van der Waals surface area contributed by atoms with Crippen LogP contribution in [0.2, 0.25) is 0 Å². The van der Waals surface area contributed by atoms with Crippen molar-refractivity contribution in [2.45, 2.75) is 25.3 Å². The van der Waals surface area contributed by atoms with Crippen molar-refractivity contribution in [2.24, 2.45) is 0 Å². The fourth-order valence-corrected chi connectivity index (χ4v) is 2.65. The van der Waals surface area contributed by atoms with Crippen molar-refractivity contribution in [3.63, 3.8) is 0 Å². The Hall–Kier alpha value is -1.60. The highest BCUT2D eigenvalue weighted by atomic mass is 79.9. The summed E-state index contributed by atoms with van der Waals surface area (Å²) >= 11 is 3.43. The lowest BCUT2D eigenvalue weighted by Crippen LogP contribution is -2.16. The van der Waals surface area contributed by atoms with Crippen LogP contribution in [-0.4, -0.2) is 9.78 Å². The normalized spacial score (nSPS) is 15.1. The summed E-state index contributed by atoms with van der Waals surface area (Å²) in [6.45, 7) is 0. The van der Waals surface area contributed by atoms with Gasteiger partial charge in [0.25, 0.3) is 0 Å². The largest absolute Gasteiger partial charge is 0.269 e. The molecule has 4 heteroatoms. The Morgan fingerprint density at radius 1 is 1.28 bits per heavy atom. The van der Waals surface area contributed by atoms with E-state index in [1.165, 1.54) is 19.3 Å². The summed E-state index contributed by atoms with van der Waals surface area (Å²) in [6, 6.07) is 8.48. The maximum Gasteiger partial charge on any atom is 0.0992 e. The number of rotatable bonds is 2. The van der Waals surface area contributed by atoms with E-state index in [-0.39, 0.29) is 0 Å². The highest BCUT2D eigenvalue weighted by Crippen LogP contribution is 2.32. The molecule has 0 radical (unpaired) electrons. The van der Waals surface area contributed by atoms with Gasteiger partial charge in [0.2, 0.25) is 0 Å². The molecule has 1 heterocycles. The molecule has 1 aliphatic carbocycles. The summed E-state index contributed by atoms with van der Waals surface area (Å²) in [7, 11) is 0. The van der Waals surface area contributed by atoms with Crippen molar-refractivity contribution in [3.05, 3.63) is 40.6 Å². The summed E-state index contributed by atoms with van der Waals surface area (Å²) < 4.78 is 2.97. The van der Waals surface area contributed by atoms with E-state index in [4.69, 9.17) is 5.26 Å². The van der Waals surface area contributed by atoms with Gasteiger partial charge in [-0.05, 0) is 43.0 Å². The molecule has 0 bridgehead atoms. The second-order valence-corrected chi connectivity index (χ2v) is 5.55. The van der Waals surface area contributed by atoms with E-state index in [2.05, 4.69) is 33.3 Å². The van der Waals surface area contributed by atoms with E-state index in [9.17, 15) is 0 Å². The Bertz CT molecular complexity index is 620. The SMILES string of the molecule is N#Cc1cc(Br)cc(-c2cnn(C3CCC3)c2)c1. The van der Waals surface area contributed by atoms with E-state index < -0.39 is 0 Å². The van der Waals surface area contributed by atoms with Crippen LogP contribution >= 0.6 is 15.9 Å². The van der Waals surface area contributed by atoms with Gasteiger partial charge in [-0.2, -0.15) is 10.4 Å². The molecule has 1 aliphatic rings. The van der Waals surface area contributed by atoms with Crippen LogP contribution in [0.15, 0.2) is 35.1 Å². The van der Waals surface area contributed by atoms with Crippen LogP contribution in [0.3, 0.4) is 0 Å². The Morgan fingerprint density at radius 2 is 2.11 bits per heavy atom. The first-order valence-electron chi connectivity index (χ1n) is 6.01. The molecule has 1 fully saturated rings. The zero-order valence-corrected chi connectivity index (χ0v) is 11.4. The minimum atomic E-state index is 0.571. The molecular weight excluding hydrogens is 290 g/mol. The maximum absolute atomic E-state index is 8.98. The molecule has 0 spiro atoms. The lowest BCUT2D eigenvalue weighted by atomic mass is 9.93. The van der Waals surface area contributed by atoms with Gasteiger partial charge in [0.05, 0.1) is 23.9 Å². The van der Waals surface area contributed by atoms with Crippen molar-refractivity contribution in [2.75, 3.05) is 0 Å². The van der Waals surface area contributed by atoms with Crippen LogP contribution in [-0.2, 0) is 0 Å². The molecule has 3 nitrogen and oxygen atoms in total. The van der Waals surface area contributed by atoms with Crippen molar-refractivity contribution in [3.8, 4) is 17.2 Å². The summed E-state index contributed by atoms with van der Waals surface area (Å²) in [5.74, 6) is 0. The average Bonchev–Trinajstić information content (AvgIpc) is 2.75. The third-order valence-corrected chi connectivity index (χ3v) is 3.87. The molecule has 90 valence electrons. The smallest absolute Gasteiger partial charge is 0.0992 e. The van der Waals surface area contributed by atoms with Crippen LogP contribution in [0.4, 0.5) is 0 Å². The predicted octanol–water partition coefficient (Wildman–Crippen LogP) is 3.91. The molecule has 3 rings (SSSR count). The van der Waals surface area contributed by atoms with Gasteiger partial charge >= 0.3 is 0 Å². The van der Waals surface area contributed by atoms with Crippen molar-refractivity contribution in [1.29, 1.82) is 5.26 Å². The number of nitrogens with zero attached hydrogens (tertiary/aromatic N) is 3. The number of benzene rings is 1. The summed E-state index contributed by atoms with van der Waals surface area (Å²) in [5, 5.41) is 13.4. The first-order valence-corrected chi connectivity index (χ1v) is 6.81. The number of hydrogen-bond acceptors (Lipinski definition) is 2. The van der Waals surface area contributed by atoms with Crippen molar-refractivity contribution < 1.29 is 0 Å². The zero-order valence-electron chi connectivity index (χ0n) is 9.81. The van der Waals surface area contributed by atoms with E-state index >= 15 is 0 Å². The molecule has 18 heavy (non-hydrogen) atoms. The quantitative estimate of drug-likeness (QED) is 0.844. The van der Waals surface area contributed by atoms with Crippen LogP contribution in [0.1, 0.15) is 30.9 Å². The van der Waals surface area contributed by atoms with Crippen LogP contribution in [0, 0.1) is 11.3 Å². The van der Waals surface area contributed by atoms with Gasteiger partial charge in [-0.25, -0.2) is 0 Å². The van der Waals surface area contributed by atoms with E-state index in [1.807, 2.05) is 29.1 Å². The topological polar surface area (TPSA) is 41.6 Å². The number of halogens is 1. The molecule has 0 amide bonds. The fourth-order valence-electron chi connectivity index (χ4n) is 2.16. The standard InChI is InChI=1S/C14H12BrN3/c15-13-5-10(7-16)4-11(6-13)12-8-17-18(9-12)14-2-1-3-14/h4-6,8-9,14H,1-3H2. The Kier molecular flexibility index (Phi) is 2.92. The van der Waals surface area contributed by atoms with E-state index in [0.717, 1.165) is 15.6 Å². The van der Waals surface area contributed by atoms with Gasteiger partial charge in [0.1, 0.15) is 0 Å². The summed E-state index contributed by atoms with van der Waals surface area (Å²) in [5.41, 5.74) is 2.77. The van der Waals surface area contributed by atoms with Crippen LogP contribution < -0.4 is 0 Å². The van der Waals surface area contributed by atoms with Gasteiger partial charge in [-0.15, -0.1) is 0 Å². The van der Waals surface area contributed by atoms with Crippen molar-refractivity contribution in [1.82, 2.24) is 9.78 Å². The second kappa shape index (κ2) is 4.58. The molecule has 0 atom stereocenters. The molecular formula is C14H12BrN3. The lowest BCUT2D eigenvalue weighted by Gasteiger charge is -2.25. The van der Waals surface area contributed by atoms with Crippen molar-refractivity contribution >= 4 is 15.9 Å². The number of hydrogen-bond donors (Lipinski definition) is 0. The van der Waals surface area contributed by atoms with Gasteiger partial charge in [-0.3, -0.25) is 4.68 Å². The molecule has 0 saturated heterocycles. The monoisotopic (exact) mass is 301 g/mol. The van der Waals surface area contributed by atoms with Crippen LogP contribution in [0.5, 0.6) is 0 Å². The highest BCUT2D eigenvalue weighted by Gasteiger charge is 2.20. The minimum absolute atomic E-state index is 0.571. The molecule has 0 unspecified atom stereocenters.